The van der Waals surface area contributed by atoms with Crippen LogP contribution in [0.1, 0.15) is 32.3 Å². The average Bonchev–Trinajstić information content (AvgIpc) is 2.38. The number of rotatable bonds is 3. The van der Waals surface area contributed by atoms with Crippen molar-refractivity contribution in [3.8, 4) is 5.75 Å². The second-order valence-corrected chi connectivity index (χ2v) is 4.88. The Hall–Kier alpha value is -1.57. The topological polar surface area (TPSA) is 9.23 Å². The molecule has 1 nitrogen and oxygen atoms in total. The van der Waals surface area contributed by atoms with Gasteiger partial charge in [-0.05, 0) is 42.5 Å². The van der Waals surface area contributed by atoms with Gasteiger partial charge in [-0.3, -0.25) is 0 Å². The minimum atomic E-state index is -0.0989. The van der Waals surface area contributed by atoms with Crippen LogP contribution in [0.5, 0.6) is 5.75 Å². The van der Waals surface area contributed by atoms with Crippen molar-refractivity contribution in [3.63, 3.8) is 0 Å². The fourth-order valence-electron chi connectivity index (χ4n) is 2.41. The summed E-state index contributed by atoms with van der Waals surface area (Å²) in [6.45, 7) is 4.24. The van der Waals surface area contributed by atoms with Gasteiger partial charge in [-0.25, -0.2) is 4.39 Å². The Bertz CT molecular complexity index is 498. The number of hydrogen-bond acceptors (Lipinski definition) is 1. The fraction of sp³-hybridized carbons (Fsp3) is 0.375. The van der Waals surface area contributed by atoms with Crippen LogP contribution in [0.4, 0.5) is 4.39 Å². The molecule has 0 aliphatic heterocycles. The first-order valence-electron chi connectivity index (χ1n) is 6.37. The van der Waals surface area contributed by atoms with E-state index >= 15 is 0 Å². The SMILES string of the molecule is COc1cccc(C2=C(C(C)C)CCC=C2F)c1. The van der Waals surface area contributed by atoms with Gasteiger partial charge >= 0.3 is 0 Å². The molecule has 0 amide bonds. The van der Waals surface area contributed by atoms with Crippen LogP contribution in [-0.2, 0) is 0 Å². The molecule has 1 aromatic rings. The molecule has 0 bridgehead atoms. The molecule has 96 valence electrons. The molecule has 0 fully saturated rings. The summed E-state index contributed by atoms with van der Waals surface area (Å²) in [4.78, 5) is 0. The lowest BCUT2D eigenvalue weighted by Gasteiger charge is -2.21. The first-order chi connectivity index (χ1) is 8.63. The second-order valence-electron chi connectivity index (χ2n) is 4.88. The maximum Gasteiger partial charge on any atom is 0.127 e. The number of allylic oxidation sites excluding steroid dienone is 4. The maximum atomic E-state index is 14.1. The zero-order valence-electron chi connectivity index (χ0n) is 11.2. The van der Waals surface area contributed by atoms with Gasteiger partial charge in [0.1, 0.15) is 11.6 Å². The Morgan fingerprint density at radius 1 is 1.28 bits per heavy atom. The third-order valence-corrected chi connectivity index (χ3v) is 3.35. The lowest BCUT2D eigenvalue weighted by Crippen LogP contribution is -2.04. The molecule has 0 unspecified atom stereocenters. The molecule has 0 spiro atoms. The first-order valence-corrected chi connectivity index (χ1v) is 6.37. The van der Waals surface area contributed by atoms with E-state index < -0.39 is 0 Å². The molecular weight excluding hydrogens is 227 g/mol. The summed E-state index contributed by atoms with van der Waals surface area (Å²) in [5.41, 5.74) is 2.87. The van der Waals surface area contributed by atoms with Crippen molar-refractivity contribution in [1.29, 1.82) is 0 Å². The van der Waals surface area contributed by atoms with E-state index in [1.165, 1.54) is 5.57 Å². The third kappa shape index (κ3) is 2.47. The predicted octanol–water partition coefficient (Wildman–Crippen LogP) is 4.75. The minimum absolute atomic E-state index is 0.0989. The van der Waals surface area contributed by atoms with E-state index in [-0.39, 0.29) is 5.83 Å². The predicted molar refractivity (Wildman–Crippen MR) is 73.2 cm³/mol. The average molecular weight is 246 g/mol. The Labute approximate surface area is 108 Å². The molecule has 0 N–H and O–H groups in total. The van der Waals surface area contributed by atoms with E-state index in [9.17, 15) is 4.39 Å². The minimum Gasteiger partial charge on any atom is -0.497 e. The zero-order chi connectivity index (χ0) is 13.1. The van der Waals surface area contributed by atoms with E-state index in [1.54, 1.807) is 13.2 Å². The smallest absolute Gasteiger partial charge is 0.127 e. The quantitative estimate of drug-likeness (QED) is 0.747. The van der Waals surface area contributed by atoms with Gasteiger partial charge in [0, 0.05) is 5.57 Å². The van der Waals surface area contributed by atoms with Crippen molar-refractivity contribution in [2.45, 2.75) is 26.7 Å². The van der Waals surface area contributed by atoms with Gasteiger partial charge in [0.2, 0.25) is 0 Å². The number of halogens is 1. The molecule has 0 saturated heterocycles. The summed E-state index contributed by atoms with van der Waals surface area (Å²) >= 11 is 0. The monoisotopic (exact) mass is 246 g/mol. The highest BCUT2D eigenvalue weighted by Crippen LogP contribution is 2.38. The highest BCUT2D eigenvalue weighted by atomic mass is 19.1. The normalized spacial score (nSPS) is 15.9. The molecule has 0 radical (unpaired) electrons. The second kappa shape index (κ2) is 5.38. The van der Waals surface area contributed by atoms with Gasteiger partial charge in [0.15, 0.2) is 0 Å². The van der Waals surface area contributed by atoms with E-state index in [1.807, 2.05) is 24.3 Å². The van der Waals surface area contributed by atoms with Crippen LogP contribution in [0.2, 0.25) is 0 Å². The summed E-state index contributed by atoms with van der Waals surface area (Å²) in [7, 11) is 1.63. The Kier molecular flexibility index (Phi) is 3.85. The highest BCUT2D eigenvalue weighted by molar-refractivity contribution is 5.81. The lowest BCUT2D eigenvalue weighted by molar-refractivity contribution is 0.414. The standard InChI is InChI=1S/C16H19FO/c1-11(2)14-8-5-9-15(17)16(14)12-6-4-7-13(10-12)18-3/h4,6-7,9-11H,5,8H2,1-3H3. The van der Waals surface area contributed by atoms with Crippen molar-refractivity contribution in [2.75, 3.05) is 7.11 Å². The molecule has 1 aliphatic rings. The number of benzene rings is 1. The Balaban J connectivity index is 2.53. The van der Waals surface area contributed by atoms with Gasteiger partial charge in [-0.1, -0.05) is 31.6 Å². The summed E-state index contributed by atoms with van der Waals surface area (Å²) in [6.07, 6.45) is 3.42. The number of methoxy groups -OCH3 is 1. The molecule has 1 aliphatic carbocycles. The fourth-order valence-corrected chi connectivity index (χ4v) is 2.41. The van der Waals surface area contributed by atoms with Crippen molar-refractivity contribution in [3.05, 3.63) is 47.3 Å². The summed E-state index contributed by atoms with van der Waals surface area (Å²) in [6, 6.07) is 7.62. The van der Waals surface area contributed by atoms with Crippen LogP contribution < -0.4 is 4.74 Å². The van der Waals surface area contributed by atoms with Crippen LogP contribution in [-0.4, -0.2) is 7.11 Å². The summed E-state index contributed by atoms with van der Waals surface area (Å²) in [5.74, 6) is 1.03. The van der Waals surface area contributed by atoms with E-state index in [4.69, 9.17) is 4.74 Å². The van der Waals surface area contributed by atoms with Gasteiger partial charge in [-0.2, -0.15) is 0 Å². The van der Waals surface area contributed by atoms with Crippen molar-refractivity contribution < 1.29 is 9.13 Å². The molecule has 2 heteroatoms. The molecule has 0 atom stereocenters. The molecule has 2 rings (SSSR count). The van der Waals surface area contributed by atoms with Gasteiger partial charge in [0.05, 0.1) is 7.11 Å². The van der Waals surface area contributed by atoms with Crippen LogP contribution in [0.15, 0.2) is 41.7 Å². The lowest BCUT2D eigenvalue weighted by atomic mass is 9.85. The van der Waals surface area contributed by atoms with E-state index in [0.717, 1.165) is 29.7 Å². The van der Waals surface area contributed by atoms with Crippen molar-refractivity contribution in [2.24, 2.45) is 5.92 Å². The molecular formula is C16H19FO. The molecule has 0 aromatic heterocycles. The van der Waals surface area contributed by atoms with Crippen LogP contribution in [0.25, 0.3) is 5.57 Å². The van der Waals surface area contributed by atoms with E-state index in [2.05, 4.69) is 13.8 Å². The number of ether oxygens (including phenoxy) is 1. The van der Waals surface area contributed by atoms with Crippen LogP contribution in [0, 0.1) is 5.92 Å². The molecule has 1 aromatic carbocycles. The molecule has 0 saturated carbocycles. The zero-order valence-corrected chi connectivity index (χ0v) is 11.2. The van der Waals surface area contributed by atoms with Gasteiger partial charge in [0.25, 0.3) is 0 Å². The van der Waals surface area contributed by atoms with Gasteiger partial charge < -0.3 is 4.74 Å². The van der Waals surface area contributed by atoms with Crippen LogP contribution >= 0.6 is 0 Å². The largest absolute Gasteiger partial charge is 0.497 e. The molecule has 0 heterocycles. The highest BCUT2D eigenvalue weighted by Gasteiger charge is 2.20. The van der Waals surface area contributed by atoms with Crippen LogP contribution in [0.3, 0.4) is 0 Å². The van der Waals surface area contributed by atoms with Crippen molar-refractivity contribution >= 4 is 5.57 Å². The van der Waals surface area contributed by atoms with E-state index in [0.29, 0.717) is 5.92 Å². The maximum absolute atomic E-state index is 14.1. The molecule has 18 heavy (non-hydrogen) atoms. The summed E-state index contributed by atoms with van der Waals surface area (Å²) in [5, 5.41) is 0. The first kappa shape index (κ1) is 12.9. The Morgan fingerprint density at radius 3 is 2.72 bits per heavy atom. The third-order valence-electron chi connectivity index (χ3n) is 3.35. The summed E-state index contributed by atoms with van der Waals surface area (Å²) < 4.78 is 19.4. The van der Waals surface area contributed by atoms with Crippen molar-refractivity contribution in [1.82, 2.24) is 0 Å². The van der Waals surface area contributed by atoms with Gasteiger partial charge in [-0.15, -0.1) is 0 Å². The number of hydrogen-bond donors (Lipinski definition) is 0. The Morgan fingerprint density at radius 2 is 2.06 bits per heavy atom.